The lowest BCUT2D eigenvalue weighted by Gasteiger charge is -2.31. The smallest absolute Gasteiger partial charge is 0.0610 e. The van der Waals surface area contributed by atoms with Crippen LogP contribution in [-0.2, 0) is 0 Å². The summed E-state index contributed by atoms with van der Waals surface area (Å²) in [7, 11) is 0. The molecule has 0 amide bonds. The van der Waals surface area contributed by atoms with Crippen molar-refractivity contribution in [3.05, 3.63) is 0 Å². The van der Waals surface area contributed by atoms with Crippen molar-refractivity contribution in [2.75, 3.05) is 6.61 Å². The molecule has 0 fully saturated rings. The van der Waals surface area contributed by atoms with E-state index in [1.54, 1.807) is 0 Å². The van der Waals surface area contributed by atoms with E-state index >= 15 is 0 Å². The molecule has 0 radical (unpaired) electrons. The van der Waals surface area contributed by atoms with E-state index in [2.05, 4.69) is 33.0 Å². The minimum Gasteiger partial charge on any atom is -0.394 e. The second kappa shape index (κ2) is 5.55. The molecule has 0 aromatic heterocycles. The predicted molar refractivity (Wildman–Crippen MR) is 53.3 cm³/mol. The van der Waals surface area contributed by atoms with Gasteiger partial charge in [-0.05, 0) is 26.7 Å². The average Bonchev–Trinajstić information content (AvgIpc) is 2.05. The molecule has 74 valence electrons. The highest BCUT2D eigenvalue weighted by Crippen LogP contribution is 2.12. The summed E-state index contributed by atoms with van der Waals surface area (Å²) in [4.78, 5) is 0. The van der Waals surface area contributed by atoms with Crippen molar-refractivity contribution in [1.29, 1.82) is 0 Å². The van der Waals surface area contributed by atoms with Crippen LogP contribution in [0, 0.1) is 0 Å². The van der Waals surface area contributed by atoms with E-state index in [1.165, 1.54) is 0 Å². The van der Waals surface area contributed by atoms with E-state index in [0.29, 0.717) is 6.04 Å². The standard InChI is InChI=1S/C10H23NO/c1-5-7-10(4,8-12)11-9(3)6-2/h9,11-12H,5-8H2,1-4H3. The molecule has 0 aromatic carbocycles. The number of rotatable bonds is 6. The molecule has 0 aliphatic carbocycles. The van der Waals surface area contributed by atoms with Crippen LogP contribution in [0.15, 0.2) is 0 Å². The number of aliphatic hydroxyl groups is 1. The summed E-state index contributed by atoms with van der Waals surface area (Å²) in [6.45, 7) is 8.77. The molecule has 0 aromatic rings. The largest absolute Gasteiger partial charge is 0.394 e. The van der Waals surface area contributed by atoms with E-state index < -0.39 is 0 Å². The highest BCUT2D eigenvalue weighted by molar-refractivity contribution is 4.83. The molecule has 2 heteroatoms. The summed E-state index contributed by atoms with van der Waals surface area (Å²) >= 11 is 0. The van der Waals surface area contributed by atoms with E-state index in [0.717, 1.165) is 19.3 Å². The minimum absolute atomic E-state index is 0.0792. The highest BCUT2D eigenvalue weighted by Gasteiger charge is 2.22. The first kappa shape index (κ1) is 11.9. The van der Waals surface area contributed by atoms with Crippen LogP contribution in [0.5, 0.6) is 0 Å². The lowest BCUT2D eigenvalue weighted by Crippen LogP contribution is -2.49. The lowest BCUT2D eigenvalue weighted by molar-refractivity contribution is 0.153. The fourth-order valence-electron chi connectivity index (χ4n) is 1.45. The number of hydrogen-bond acceptors (Lipinski definition) is 2. The molecule has 0 aliphatic rings. The third-order valence-corrected chi connectivity index (χ3v) is 2.36. The maximum absolute atomic E-state index is 9.20. The van der Waals surface area contributed by atoms with Gasteiger partial charge in [-0.2, -0.15) is 0 Å². The Morgan fingerprint density at radius 3 is 2.33 bits per heavy atom. The van der Waals surface area contributed by atoms with Gasteiger partial charge in [0.1, 0.15) is 0 Å². The van der Waals surface area contributed by atoms with Crippen molar-refractivity contribution in [3.63, 3.8) is 0 Å². The summed E-state index contributed by atoms with van der Waals surface area (Å²) in [6.07, 6.45) is 3.26. The van der Waals surface area contributed by atoms with Gasteiger partial charge in [0, 0.05) is 11.6 Å². The fourth-order valence-corrected chi connectivity index (χ4v) is 1.45. The molecule has 0 saturated heterocycles. The molecular formula is C10H23NO. The van der Waals surface area contributed by atoms with Crippen molar-refractivity contribution in [3.8, 4) is 0 Å². The molecule has 2 unspecified atom stereocenters. The summed E-state index contributed by atoms with van der Waals surface area (Å²) in [6, 6.07) is 0.494. The molecule has 0 saturated carbocycles. The van der Waals surface area contributed by atoms with Crippen LogP contribution in [-0.4, -0.2) is 23.3 Å². The zero-order chi connectivity index (χ0) is 9.61. The van der Waals surface area contributed by atoms with Gasteiger partial charge < -0.3 is 10.4 Å². The summed E-state index contributed by atoms with van der Waals surface area (Å²) in [5.74, 6) is 0. The van der Waals surface area contributed by atoms with Crippen molar-refractivity contribution in [2.24, 2.45) is 0 Å². The molecule has 2 N–H and O–H groups in total. The van der Waals surface area contributed by atoms with Gasteiger partial charge in [-0.25, -0.2) is 0 Å². The second-order valence-electron chi connectivity index (χ2n) is 3.92. The summed E-state index contributed by atoms with van der Waals surface area (Å²) in [5, 5.41) is 12.6. The van der Waals surface area contributed by atoms with E-state index in [9.17, 15) is 5.11 Å². The highest BCUT2D eigenvalue weighted by atomic mass is 16.3. The first-order valence-corrected chi connectivity index (χ1v) is 4.96. The van der Waals surface area contributed by atoms with Gasteiger partial charge in [-0.1, -0.05) is 20.3 Å². The Bertz CT molecular complexity index is 116. The van der Waals surface area contributed by atoms with Crippen molar-refractivity contribution < 1.29 is 5.11 Å². The van der Waals surface area contributed by atoms with Crippen molar-refractivity contribution >= 4 is 0 Å². The third kappa shape index (κ3) is 4.07. The Morgan fingerprint density at radius 1 is 1.42 bits per heavy atom. The van der Waals surface area contributed by atoms with Crippen molar-refractivity contribution in [1.82, 2.24) is 5.32 Å². The van der Waals surface area contributed by atoms with Gasteiger partial charge >= 0.3 is 0 Å². The van der Waals surface area contributed by atoms with Crippen LogP contribution in [0.3, 0.4) is 0 Å². The van der Waals surface area contributed by atoms with Gasteiger partial charge in [0.05, 0.1) is 6.61 Å². The molecular weight excluding hydrogens is 150 g/mol. The maximum atomic E-state index is 9.20. The Kier molecular flexibility index (Phi) is 5.51. The van der Waals surface area contributed by atoms with Crippen LogP contribution < -0.4 is 5.32 Å². The maximum Gasteiger partial charge on any atom is 0.0610 e. The molecule has 0 bridgehead atoms. The molecule has 0 heterocycles. The molecule has 2 nitrogen and oxygen atoms in total. The Labute approximate surface area is 76.4 Å². The van der Waals surface area contributed by atoms with Gasteiger partial charge in [0.15, 0.2) is 0 Å². The second-order valence-corrected chi connectivity index (χ2v) is 3.92. The van der Waals surface area contributed by atoms with Crippen LogP contribution in [0.25, 0.3) is 0 Å². The minimum atomic E-state index is -0.0792. The molecule has 0 rings (SSSR count). The average molecular weight is 173 g/mol. The molecule has 12 heavy (non-hydrogen) atoms. The van der Waals surface area contributed by atoms with E-state index in [1.807, 2.05) is 0 Å². The topological polar surface area (TPSA) is 32.3 Å². The Morgan fingerprint density at radius 2 is 2.00 bits per heavy atom. The molecule has 2 atom stereocenters. The lowest BCUT2D eigenvalue weighted by atomic mass is 9.96. The first-order valence-electron chi connectivity index (χ1n) is 4.96. The van der Waals surface area contributed by atoms with Crippen LogP contribution in [0.4, 0.5) is 0 Å². The summed E-state index contributed by atoms with van der Waals surface area (Å²) < 4.78 is 0. The SMILES string of the molecule is CCCC(C)(CO)NC(C)CC. The van der Waals surface area contributed by atoms with Gasteiger partial charge in [0.25, 0.3) is 0 Å². The van der Waals surface area contributed by atoms with Crippen LogP contribution >= 0.6 is 0 Å². The number of aliphatic hydroxyl groups excluding tert-OH is 1. The first-order chi connectivity index (χ1) is 5.58. The third-order valence-electron chi connectivity index (χ3n) is 2.36. The zero-order valence-electron chi connectivity index (χ0n) is 8.85. The summed E-state index contributed by atoms with van der Waals surface area (Å²) in [5.41, 5.74) is -0.0792. The zero-order valence-corrected chi connectivity index (χ0v) is 8.85. The number of hydrogen-bond donors (Lipinski definition) is 2. The molecule has 0 spiro atoms. The van der Waals surface area contributed by atoms with E-state index in [-0.39, 0.29) is 12.1 Å². The molecule has 0 aliphatic heterocycles. The normalized spacial score (nSPS) is 18.8. The Hall–Kier alpha value is -0.0800. The van der Waals surface area contributed by atoms with Crippen LogP contribution in [0.1, 0.15) is 47.0 Å². The van der Waals surface area contributed by atoms with E-state index in [4.69, 9.17) is 0 Å². The van der Waals surface area contributed by atoms with Crippen LogP contribution in [0.2, 0.25) is 0 Å². The van der Waals surface area contributed by atoms with Gasteiger partial charge in [0.2, 0.25) is 0 Å². The quantitative estimate of drug-likeness (QED) is 0.643. The number of nitrogens with one attached hydrogen (secondary N) is 1. The van der Waals surface area contributed by atoms with Crippen molar-refractivity contribution in [2.45, 2.75) is 58.5 Å². The fraction of sp³-hybridized carbons (Fsp3) is 1.00. The Balaban J connectivity index is 3.94. The van der Waals surface area contributed by atoms with Gasteiger partial charge in [-0.3, -0.25) is 0 Å². The van der Waals surface area contributed by atoms with Gasteiger partial charge in [-0.15, -0.1) is 0 Å². The monoisotopic (exact) mass is 173 g/mol. The predicted octanol–water partition coefficient (Wildman–Crippen LogP) is 1.93.